The van der Waals surface area contributed by atoms with Crippen LogP contribution in [0.1, 0.15) is 51.7 Å². The summed E-state index contributed by atoms with van der Waals surface area (Å²) >= 11 is 0. The van der Waals surface area contributed by atoms with Crippen LogP contribution in [0.3, 0.4) is 0 Å². The van der Waals surface area contributed by atoms with Crippen molar-refractivity contribution in [2.45, 2.75) is 33.1 Å². The van der Waals surface area contributed by atoms with Gasteiger partial charge in [0.1, 0.15) is 5.56 Å². The van der Waals surface area contributed by atoms with Crippen LogP contribution in [0.4, 0.5) is 0 Å². The molecule has 134 valence electrons. The lowest BCUT2D eigenvalue weighted by Crippen LogP contribution is -2.15. The Morgan fingerprint density at radius 2 is 1.96 bits per heavy atom. The number of ketones is 1. The minimum absolute atomic E-state index is 0.234. The van der Waals surface area contributed by atoms with E-state index in [0.717, 1.165) is 19.3 Å². The number of nitrogens with zero attached hydrogens (tertiary/aromatic N) is 3. The van der Waals surface area contributed by atoms with Gasteiger partial charge < -0.3 is 4.74 Å². The molecule has 1 aromatic carbocycles. The van der Waals surface area contributed by atoms with E-state index in [2.05, 4.69) is 17.0 Å². The van der Waals surface area contributed by atoms with Crippen LogP contribution >= 0.6 is 0 Å². The quantitative estimate of drug-likeness (QED) is 0.482. The molecule has 0 saturated heterocycles. The van der Waals surface area contributed by atoms with E-state index in [-0.39, 0.29) is 18.0 Å². The van der Waals surface area contributed by atoms with Gasteiger partial charge in [-0.25, -0.2) is 14.3 Å². The van der Waals surface area contributed by atoms with Gasteiger partial charge in [-0.15, -0.1) is 0 Å². The van der Waals surface area contributed by atoms with Crippen molar-refractivity contribution in [3.8, 4) is 0 Å². The first-order valence-corrected chi connectivity index (χ1v) is 8.69. The molecule has 0 fully saturated rings. The number of carbonyl (C=O) groups excluding carboxylic acids is 2. The predicted molar refractivity (Wildman–Crippen MR) is 97.4 cm³/mol. The number of esters is 1. The largest absolute Gasteiger partial charge is 0.454 e. The maximum Gasteiger partial charge on any atom is 0.344 e. The smallest absolute Gasteiger partial charge is 0.344 e. The highest BCUT2D eigenvalue weighted by Gasteiger charge is 2.20. The average molecular weight is 351 g/mol. The highest BCUT2D eigenvalue weighted by Crippen LogP contribution is 2.15. The van der Waals surface area contributed by atoms with Gasteiger partial charge in [0.25, 0.3) is 0 Å². The standard InChI is InChI=1S/C20H21N3O3/c1-3-4-6-15-7-9-16(10-8-15)17(24)13-26-20(25)18-14(2)22-23-12-5-11-21-19(18)23/h5,7-12H,3-4,6,13H2,1-2H3. The Balaban J connectivity index is 1.65. The molecule has 0 bridgehead atoms. The van der Waals surface area contributed by atoms with Crippen LogP contribution in [0, 0.1) is 6.92 Å². The lowest BCUT2D eigenvalue weighted by Gasteiger charge is -2.05. The monoisotopic (exact) mass is 351 g/mol. The van der Waals surface area contributed by atoms with Crippen molar-refractivity contribution in [3.05, 3.63) is 65.1 Å². The number of hydrogen-bond acceptors (Lipinski definition) is 5. The number of benzene rings is 1. The van der Waals surface area contributed by atoms with Crippen molar-refractivity contribution in [2.24, 2.45) is 0 Å². The predicted octanol–water partition coefficient (Wildman–Crippen LogP) is 3.42. The fraction of sp³-hybridized carbons (Fsp3) is 0.300. The zero-order chi connectivity index (χ0) is 18.5. The molecule has 0 atom stereocenters. The van der Waals surface area contributed by atoms with E-state index in [1.54, 1.807) is 37.5 Å². The highest BCUT2D eigenvalue weighted by molar-refractivity contribution is 6.01. The van der Waals surface area contributed by atoms with Crippen LogP contribution in [0.25, 0.3) is 5.65 Å². The van der Waals surface area contributed by atoms with Crippen LogP contribution in [0.5, 0.6) is 0 Å². The molecular formula is C20H21N3O3. The van der Waals surface area contributed by atoms with Crippen molar-refractivity contribution in [3.63, 3.8) is 0 Å². The Hall–Kier alpha value is -3.02. The molecule has 0 saturated carbocycles. The molecule has 0 spiro atoms. The number of aromatic nitrogens is 3. The Kier molecular flexibility index (Phi) is 5.41. The molecule has 0 aliphatic heterocycles. The maximum atomic E-state index is 12.4. The van der Waals surface area contributed by atoms with Crippen molar-refractivity contribution >= 4 is 17.4 Å². The average Bonchev–Trinajstić information content (AvgIpc) is 3.00. The van der Waals surface area contributed by atoms with Crippen molar-refractivity contribution in [2.75, 3.05) is 6.61 Å². The van der Waals surface area contributed by atoms with Crippen LogP contribution in [0.15, 0.2) is 42.7 Å². The minimum atomic E-state index is -0.593. The third kappa shape index (κ3) is 3.79. The SMILES string of the molecule is CCCCc1ccc(C(=O)COC(=O)c2c(C)nn3cccnc23)cc1. The first-order valence-electron chi connectivity index (χ1n) is 8.69. The van der Waals surface area contributed by atoms with Gasteiger partial charge >= 0.3 is 5.97 Å². The van der Waals surface area contributed by atoms with Gasteiger partial charge in [-0.1, -0.05) is 37.6 Å². The van der Waals surface area contributed by atoms with Crippen LogP contribution < -0.4 is 0 Å². The number of unbranched alkanes of at least 4 members (excludes halogenated alkanes) is 1. The lowest BCUT2D eigenvalue weighted by atomic mass is 10.0. The Morgan fingerprint density at radius 1 is 1.19 bits per heavy atom. The summed E-state index contributed by atoms with van der Waals surface area (Å²) in [5.41, 5.74) is 2.96. The molecule has 0 amide bonds. The summed E-state index contributed by atoms with van der Waals surface area (Å²) in [4.78, 5) is 28.8. The molecule has 0 aliphatic rings. The fourth-order valence-corrected chi connectivity index (χ4v) is 2.76. The number of hydrogen-bond donors (Lipinski definition) is 0. The van der Waals surface area contributed by atoms with E-state index in [1.165, 1.54) is 10.1 Å². The Morgan fingerprint density at radius 3 is 2.69 bits per heavy atom. The number of aryl methyl sites for hydroxylation is 2. The first kappa shape index (κ1) is 17.8. The highest BCUT2D eigenvalue weighted by atomic mass is 16.5. The van der Waals surface area contributed by atoms with E-state index in [1.807, 2.05) is 12.1 Å². The second-order valence-electron chi connectivity index (χ2n) is 6.15. The lowest BCUT2D eigenvalue weighted by molar-refractivity contribution is 0.0475. The summed E-state index contributed by atoms with van der Waals surface area (Å²) in [6.45, 7) is 3.55. The van der Waals surface area contributed by atoms with Gasteiger partial charge in [-0.2, -0.15) is 5.10 Å². The van der Waals surface area contributed by atoms with Gasteiger partial charge in [0, 0.05) is 18.0 Å². The van der Waals surface area contributed by atoms with Crippen molar-refractivity contribution < 1.29 is 14.3 Å². The molecule has 6 nitrogen and oxygen atoms in total. The van der Waals surface area contributed by atoms with E-state index >= 15 is 0 Å². The Bertz CT molecular complexity index is 929. The number of ether oxygens (including phenoxy) is 1. The molecule has 0 N–H and O–H groups in total. The fourth-order valence-electron chi connectivity index (χ4n) is 2.76. The maximum absolute atomic E-state index is 12.4. The second-order valence-corrected chi connectivity index (χ2v) is 6.15. The molecule has 0 radical (unpaired) electrons. The normalized spacial score (nSPS) is 10.8. The summed E-state index contributed by atoms with van der Waals surface area (Å²) in [6.07, 6.45) is 6.54. The van der Waals surface area contributed by atoms with E-state index < -0.39 is 5.97 Å². The molecule has 3 aromatic rings. The molecule has 0 aliphatic carbocycles. The van der Waals surface area contributed by atoms with Crippen molar-refractivity contribution in [1.82, 2.24) is 14.6 Å². The van der Waals surface area contributed by atoms with Gasteiger partial charge in [0.05, 0.1) is 5.69 Å². The summed E-state index contributed by atoms with van der Waals surface area (Å²) in [5, 5.41) is 4.22. The summed E-state index contributed by atoms with van der Waals surface area (Å²) in [6, 6.07) is 9.18. The minimum Gasteiger partial charge on any atom is -0.454 e. The van der Waals surface area contributed by atoms with Gasteiger partial charge in [-0.3, -0.25) is 4.79 Å². The van der Waals surface area contributed by atoms with Crippen molar-refractivity contribution in [1.29, 1.82) is 0 Å². The molecular weight excluding hydrogens is 330 g/mol. The number of Topliss-reactive ketones (excluding diaryl/α,β-unsaturated/α-hetero) is 1. The molecule has 26 heavy (non-hydrogen) atoms. The number of carbonyl (C=O) groups is 2. The summed E-state index contributed by atoms with van der Waals surface area (Å²) in [5.74, 6) is -0.827. The molecule has 0 unspecified atom stereocenters. The van der Waals surface area contributed by atoms with E-state index in [9.17, 15) is 9.59 Å². The first-order chi connectivity index (χ1) is 12.6. The van der Waals surface area contributed by atoms with Crippen LogP contribution in [-0.2, 0) is 11.2 Å². The molecule has 2 heterocycles. The third-order valence-corrected chi connectivity index (χ3v) is 4.20. The van der Waals surface area contributed by atoms with Crippen LogP contribution in [-0.4, -0.2) is 33.0 Å². The zero-order valence-electron chi connectivity index (χ0n) is 14.9. The zero-order valence-corrected chi connectivity index (χ0v) is 14.9. The van der Waals surface area contributed by atoms with Gasteiger partial charge in [0.2, 0.25) is 0 Å². The topological polar surface area (TPSA) is 73.6 Å². The molecule has 3 rings (SSSR count). The van der Waals surface area contributed by atoms with Gasteiger partial charge in [-0.05, 0) is 31.4 Å². The molecule has 2 aromatic heterocycles. The Labute approximate surface area is 151 Å². The third-order valence-electron chi connectivity index (χ3n) is 4.20. The number of fused-ring (bicyclic) bond motifs is 1. The van der Waals surface area contributed by atoms with E-state index in [0.29, 0.717) is 16.9 Å². The number of rotatable bonds is 7. The second kappa shape index (κ2) is 7.91. The van der Waals surface area contributed by atoms with E-state index in [4.69, 9.17) is 4.74 Å². The van der Waals surface area contributed by atoms with Gasteiger partial charge in [0.15, 0.2) is 18.0 Å². The summed E-state index contributed by atoms with van der Waals surface area (Å²) in [7, 11) is 0. The van der Waals surface area contributed by atoms with Crippen LogP contribution in [0.2, 0.25) is 0 Å². The molecule has 6 heteroatoms. The summed E-state index contributed by atoms with van der Waals surface area (Å²) < 4.78 is 6.72.